The highest BCUT2D eigenvalue weighted by Gasteiger charge is 2.30. The predicted molar refractivity (Wildman–Crippen MR) is 50.7 cm³/mol. The van der Waals surface area contributed by atoms with E-state index in [1.807, 2.05) is 0 Å². The fourth-order valence-electron chi connectivity index (χ4n) is 1.24. The second kappa shape index (κ2) is 4.17. The maximum atomic E-state index is 12.3. The van der Waals surface area contributed by atoms with Crippen LogP contribution in [0.4, 0.5) is 13.2 Å². The van der Waals surface area contributed by atoms with Crippen LogP contribution in [-0.4, -0.2) is 15.3 Å². The normalized spacial score (nSPS) is 11.8. The minimum absolute atomic E-state index is 0.0138. The van der Waals surface area contributed by atoms with E-state index < -0.39 is 18.3 Å². The minimum Gasteiger partial charge on any atom is -0.418 e. The molecule has 0 saturated heterocycles. The quantitative estimate of drug-likeness (QED) is 0.880. The third-order valence-corrected chi connectivity index (χ3v) is 2.06. The van der Waals surface area contributed by atoms with E-state index in [2.05, 4.69) is 10.2 Å². The lowest BCUT2D eigenvalue weighted by Crippen LogP contribution is -2.03. The standard InChI is InChI=1S/C10H7F3N2O2/c11-10(12,13)7-3-1-6(2-4-7)9-15-14-8(5-16)17-9/h1-4,16H,5H2. The van der Waals surface area contributed by atoms with E-state index in [0.717, 1.165) is 12.1 Å². The average molecular weight is 244 g/mol. The van der Waals surface area contributed by atoms with Gasteiger partial charge in [0.15, 0.2) is 0 Å². The fourth-order valence-corrected chi connectivity index (χ4v) is 1.24. The van der Waals surface area contributed by atoms with Crippen molar-refractivity contribution in [2.24, 2.45) is 0 Å². The maximum absolute atomic E-state index is 12.3. The Balaban J connectivity index is 2.29. The highest BCUT2D eigenvalue weighted by molar-refractivity contribution is 5.53. The van der Waals surface area contributed by atoms with E-state index in [-0.39, 0.29) is 11.8 Å². The zero-order valence-electron chi connectivity index (χ0n) is 8.40. The van der Waals surface area contributed by atoms with E-state index >= 15 is 0 Å². The average Bonchev–Trinajstić information content (AvgIpc) is 2.76. The minimum atomic E-state index is -4.37. The number of rotatable bonds is 2. The highest BCUT2D eigenvalue weighted by atomic mass is 19.4. The van der Waals surface area contributed by atoms with Gasteiger partial charge in [-0.2, -0.15) is 13.2 Å². The molecule has 4 nitrogen and oxygen atoms in total. The van der Waals surface area contributed by atoms with Crippen molar-refractivity contribution in [2.75, 3.05) is 0 Å². The number of hydrogen-bond donors (Lipinski definition) is 1. The summed E-state index contributed by atoms with van der Waals surface area (Å²) in [4.78, 5) is 0. The highest BCUT2D eigenvalue weighted by Crippen LogP contribution is 2.30. The van der Waals surface area contributed by atoms with Crippen LogP contribution in [0, 0.1) is 0 Å². The molecule has 7 heteroatoms. The monoisotopic (exact) mass is 244 g/mol. The maximum Gasteiger partial charge on any atom is 0.416 e. The van der Waals surface area contributed by atoms with E-state index in [1.165, 1.54) is 12.1 Å². The number of aliphatic hydroxyl groups is 1. The van der Waals surface area contributed by atoms with Gasteiger partial charge in [-0.1, -0.05) is 0 Å². The molecule has 0 spiro atoms. The van der Waals surface area contributed by atoms with Crippen molar-refractivity contribution in [3.63, 3.8) is 0 Å². The first kappa shape index (κ1) is 11.6. The topological polar surface area (TPSA) is 59.2 Å². The van der Waals surface area contributed by atoms with Crippen LogP contribution in [0.5, 0.6) is 0 Å². The van der Waals surface area contributed by atoms with Crippen LogP contribution < -0.4 is 0 Å². The molecule has 0 aliphatic heterocycles. The van der Waals surface area contributed by atoms with Crippen molar-refractivity contribution in [2.45, 2.75) is 12.8 Å². The van der Waals surface area contributed by atoms with Gasteiger partial charge in [0.2, 0.25) is 11.8 Å². The molecule has 0 aliphatic rings. The molecule has 0 fully saturated rings. The van der Waals surface area contributed by atoms with Crippen LogP contribution in [0.15, 0.2) is 28.7 Å². The summed E-state index contributed by atoms with van der Waals surface area (Å²) >= 11 is 0. The molecule has 90 valence electrons. The third-order valence-electron chi connectivity index (χ3n) is 2.06. The van der Waals surface area contributed by atoms with E-state index in [9.17, 15) is 13.2 Å². The second-order valence-electron chi connectivity index (χ2n) is 3.23. The summed E-state index contributed by atoms with van der Waals surface area (Å²) in [6.07, 6.45) is -4.37. The van der Waals surface area contributed by atoms with Crippen molar-refractivity contribution >= 4 is 0 Å². The lowest BCUT2D eigenvalue weighted by atomic mass is 10.1. The first-order valence-electron chi connectivity index (χ1n) is 4.61. The zero-order valence-corrected chi connectivity index (χ0v) is 8.40. The number of aromatic nitrogens is 2. The molecule has 0 saturated carbocycles. The van der Waals surface area contributed by atoms with Gasteiger partial charge in [0.1, 0.15) is 6.61 Å². The number of halogens is 3. The summed E-state index contributed by atoms with van der Waals surface area (Å²) in [5, 5.41) is 15.8. The van der Waals surface area contributed by atoms with Gasteiger partial charge in [0.25, 0.3) is 0 Å². The molecule has 2 aromatic rings. The molecular weight excluding hydrogens is 237 g/mol. The summed E-state index contributed by atoms with van der Waals surface area (Å²) in [6, 6.07) is 4.32. The number of alkyl halides is 3. The van der Waals surface area contributed by atoms with Crippen LogP contribution in [0.1, 0.15) is 11.5 Å². The molecule has 1 aromatic heterocycles. The molecular formula is C10H7F3N2O2. The van der Waals surface area contributed by atoms with Crippen molar-refractivity contribution < 1.29 is 22.7 Å². The Kier molecular flexibility index (Phi) is 2.84. The van der Waals surface area contributed by atoms with Crippen molar-refractivity contribution in [3.05, 3.63) is 35.7 Å². The van der Waals surface area contributed by atoms with Crippen LogP contribution in [0.3, 0.4) is 0 Å². The summed E-state index contributed by atoms with van der Waals surface area (Å²) in [6.45, 7) is -0.409. The Labute approximate surface area is 93.7 Å². The lowest BCUT2D eigenvalue weighted by Gasteiger charge is -2.05. The Morgan fingerprint density at radius 1 is 1.12 bits per heavy atom. The first-order chi connectivity index (χ1) is 8.00. The van der Waals surface area contributed by atoms with Crippen LogP contribution in [-0.2, 0) is 12.8 Å². The van der Waals surface area contributed by atoms with E-state index in [4.69, 9.17) is 9.52 Å². The molecule has 1 aromatic carbocycles. The van der Waals surface area contributed by atoms with Crippen LogP contribution in [0.25, 0.3) is 11.5 Å². The number of aliphatic hydroxyl groups excluding tert-OH is 1. The molecule has 0 bridgehead atoms. The number of benzene rings is 1. The lowest BCUT2D eigenvalue weighted by molar-refractivity contribution is -0.137. The van der Waals surface area contributed by atoms with Gasteiger partial charge < -0.3 is 9.52 Å². The molecule has 1 N–H and O–H groups in total. The van der Waals surface area contributed by atoms with Gasteiger partial charge in [-0.25, -0.2) is 0 Å². The number of hydrogen-bond acceptors (Lipinski definition) is 4. The van der Waals surface area contributed by atoms with Gasteiger partial charge in [0.05, 0.1) is 5.56 Å². The van der Waals surface area contributed by atoms with Crippen LogP contribution >= 0.6 is 0 Å². The summed E-state index contributed by atoms with van der Waals surface area (Å²) in [5.74, 6) is 0.0858. The van der Waals surface area contributed by atoms with Gasteiger partial charge in [0, 0.05) is 5.56 Å². The fraction of sp³-hybridized carbons (Fsp3) is 0.200. The van der Waals surface area contributed by atoms with Gasteiger partial charge in [-0.3, -0.25) is 0 Å². The molecule has 17 heavy (non-hydrogen) atoms. The Morgan fingerprint density at radius 3 is 2.24 bits per heavy atom. The Bertz CT molecular complexity index is 505. The smallest absolute Gasteiger partial charge is 0.416 e. The number of nitrogens with zero attached hydrogens (tertiary/aromatic N) is 2. The molecule has 2 rings (SSSR count). The molecule has 0 radical (unpaired) electrons. The summed E-state index contributed by atoms with van der Waals surface area (Å²) in [5.41, 5.74) is -0.381. The zero-order chi connectivity index (χ0) is 12.5. The molecule has 0 atom stereocenters. The predicted octanol–water partition coefficient (Wildman–Crippen LogP) is 2.25. The van der Waals surface area contributed by atoms with E-state index in [1.54, 1.807) is 0 Å². The first-order valence-corrected chi connectivity index (χ1v) is 4.61. The molecule has 0 aliphatic carbocycles. The molecule has 0 amide bonds. The molecule has 1 heterocycles. The van der Waals surface area contributed by atoms with Crippen molar-refractivity contribution in [3.8, 4) is 11.5 Å². The Hall–Kier alpha value is -1.89. The van der Waals surface area contributed by atoms with Crippen LogP contribution in [0.2, 0.25) is 0 Å². The third kappa shape index (κ3) is 2.44. The van der Waals surface area contributed by atoms with Gasteiger partial charge in [-0.05, 0) is 24.3 Å². The van der Waals surface area contributed by atoms with Gasteiger partial charge >= 0.3 is 6.18 Å². The largest absolute Gasteiger partial charge is 0.418 e. The van der Waals surface area contributed by atoms with Gasteiger partial charge in [-0.15, -0.1) is 10.2 Å². The van der Waals surface area contributed by atoms with E-state index in [0.29, 0.717) is 5.56 Å². The van der Waals surface area contributed by atoms with Crippen molar-refractivity contribution in [1.29, 1.82) is 0 Å². The SMILES string of the molecule is OCc1nnc(-c2ccc(C(F)(F)F)cc2)o1. The summed E-state index contributed by atoms with van der Waals surface area (Å²) < 4.78 is 41.9. The Morgan fingerprint density at radius 2 is 1.76 bits per heavy atom. The summed E-state index contributed by atoms with van der Waals surface area (Å²) in [7, 11) is 0. The van der Waals surface area contributed by atoms with Crippen molar-refractivity contribution in [1.82, 2.24) is 10.2 Å². The molecule has 0 unspecified atom stereocenters. The second-order valence-corrected chi connectivity index (χ2v) is 3.23.